The minimum absolute atomic E-state index is 0.248. The van der Waals surface area contributed by atoms with Crippen molar-refractivity contribution in [3.05, 3.63) is 57.6 Å². The van der Waals surface area contributed by atoms with Gasteiger partial charge in [-0.15, -0.1) is 0 Å². The first-order chi connectivity index (χ1) is 15.9. The van der Waals surface area contributed by atoms with Gasteiger partial charge in [0.15, 0.2) is 0 Å². The number of sulfonamides is 1. The topological polar surface area (TPSA) is 66.4 Å². The van der Waals surface area contributed by atoms with Gasteiger partial charge >= 0.3 is 6.18 Å². The lowest BCUT2D eigenvalue weighted by molar-refractivity contribution is -0.137. The predicted octanol–water partition coefficient (Wildman–Crippen LogP) is 6.38. The fourth-order valence-electron chi connectivity index (χ4n) is 6.90. The van der Waals surface area contributed by atoms with Crippen molar-refractivity contribution in [2.75, 3.05) is 0 Å². The molecule has 0 unspecified atom stereocenters. The maximum Gasteiger partial charge on any atom is 0.416 e. The van der Waals surface area contributed by atoms with Crippen LogP contribution >= 0.6 is 15.9 Å². The van der Waals surface area contributed by atoms with Crippen LogP contribution in [0.4, 0.5) is 13.2 Å². The van der Waals surface area contributed by atoms with Gasteiger partial charge in [0.1, 0.15) is 5.75 Å². The number of aromatic hydroxyl groups is 1. The second-order valence-electron chi connectivity index (χ2n) is 10.2. The fraction of sp³-hybridized carbons (Fsp3) is 0.520. The van der Waals surface area contributed by atoms with E-state index in [9.17, 15) is 26.7 Å². The minimum atomic E-state index is -4.60. The first kappa shape index (κ1) is 24.1. The number of phenols is 1. The third-order valence-electron chi connectivity index (χ3n) is 8.59. The van der Waals surface area contributed by atoms with Crippen molar-refractivity contribution in [1.82, 2.24) is 4.72 Å². The molecule has 0 saturated heterocycles. The maximum absolute atomic E-state index is 13.1. The lowest BCUT2D eigenvalue weighted by Gasteiger charge is -2.51. The summed E-state index contributed by atoms with van der Waals surface area (Å²) < 4.78 is 69.1. The molecule has 4 nitrogen and oxygen atoms in total. The van der Waals surface area contributed by atoms with Crippen LogP contribution in [0, 0.1) is 17.3 Å². The monoisotopic (exact) mass is 557 g/mol. The Morgan fingerprint density at radius 1 is 1.12 bits per heavy atom. The zero-order valence-corrected chi connectivity index (χ0v) is 21.1. The summed E-state index contributed by atoms with van der Waals surface area (Å²) in [6.45, 7) is 2.14. The summed E-state index contributed by atoms with van der Waals surface area (Å²) in [5, 5.41) is 10.1. The first-order valence-electron chi connectivity index (χ1n) is 11.6. The predicted molar refractivity (Wildman–Crippen MR) is 126 cm³/mol. The van der Waals surface area contributed by atoms with E-state index in [1.54, 1.807) is 6.07 Å². The Hall–Kier alpha value is -1.58. The number of phenolic OH excluding ortho intramolecular Hbond substituents is 1. The van der Waals surface area contributed by atoms with Crippen molar-refractivity contribution < 1.29 is 26.7 Å². The van der Waals surface area contributed by atoms with Crippen LogP contribution in [0.2, 0.25) is 0 Å². The Morgan fingerprint density at radius 2 is 1.88 bits per heavy atom. The molecule has 5 rings (SSSR count). The van der Waals surface area contributed by atoms with E-state index in [2.05, 4.69) is 27.6 Å². The Bertz CT molecular complexity index is 1230. The van der Waals surface area contributed by atoms with Crippen LogP contribution in [0.3, 0.4) is 0 Å². The van der Waals surface area contributed by atoms with E-state index in [0.717, 1.165) is 48.7 Å². The highest BCUT2D eigenvalue weighted by Gasteiger charge is 2.55. The molecule has 5 atom stereocenters. The molecule has 184 valence electrons. The standard InChI is InChI=1S/C25H27BrF3NO3S/c1-24-12-11-17-16-7-9-21(31)23(26)19(16)6-5-18(17)20(24)8-10-22(24)30-34(32,33)15-4-2-3-14(13-15)25(27,28)29/h2-4,7,9,13,17-18,20,22,30-31H,5-6,8,10-12H2,1H3/t17-,18-,20+,22+,24+/m1/s1. The highest BCUT2D eigenvalue weighted by atomic mass is 79.9. The van der Waals surface area contributed by atoms with E-state index in [4.69, 9.17) is 0 Å². The SMILES string of the molecule is C[C@]12CC[C@@H]3c4ccc(O)c(Br)c4CC[C@H]3[C@@H]1CC[C@@H]2NS(=O)(=O)c1cccc(C(F)(F)F)c1. The third kappa shape index (κ3) is 3.88. The Morgan fingerprint density at radius 3 is 2.62 bits per heavy atom. The maximum atomic E-state index is 13.1. The number of benzene rings is 2. The van der Waals surface area contributed by atoms with E-state index < -0.39 is 21.8 Å². The van der Waals surface area contributed by atoms with Gasteiger partial charge in [-0.05, 0) is 113 Å². The van der Waals surface area contributed by atoms with Gasteiger partial charge in [0, 0.05) is 6.04 Å². The summed E-state index contributed by atoms with van der Waals surface area (Å²) in [5.74, 6) is 1.38. The van der Waals surface area contributed by atoms with Gasteiger partial charge < -0.3 is 5.11 Å². The zero-order valence-electron chi connectivity index (χ0n) is 18.7. The molecule has 0 amide bonds. The van der Waals surface area contributed by atoms with Gasteiger partial charge in [0.2, 0.25) is 10.0 Å². The van der Waals surface area contributed by atoms with E-state index in [1.165, 1.54) is 17.2 Å². The number of alkyl halides is 3. The second-order valence-corrected chi connectivity index (χ2v) is 12.7. The van der Waals surface area contributed by atoms with Crippen LogP contribution in [0.15, 0.2) is 45.8 Å². The van der Waals surface area contributed by atoms with Gasteiger partial charge in [-0.1, -0.05) is 19.1 Å². The molecule has 0 aromatic heterocycles. The van der Waals surface area contributed by atoms with Crippen molar-refractivity contribution in [3.63, 3.8) is 0 Å². The average molecular weight is 558 g/mol. The molecule has 2 saturated carbocycles. The molecule has 0 aliphatic heterocycles. The van der Waals surface area contributed by atoms with Crippen molar-refractivity contribution in [2.24, 2.45) is 17.3 Å². The second kappa shape index (κ2) is 8.23. The molecule has 3 aliphatic carbocycles. The van der Waals surface area contributed by atoms with Gasteiger partial charge in [-0.25, -0.2) is 13.1 Å². The number of rotatable bonds is 3. The van der Waals surface area contributed by atoms with Gasteiger partial charge in [-0.3, -0.25) is 0 Å². The lowest BCUT2D eigenvalue weighted by atomic mass is 9.55. The summed E-state index contributed by atoms with van der Waals surface area (Å²) in [6, 6.07) is 7.39. The molecule has 0 spiro atoms. The molecule has 34 heavy (non-hydrogen) atoms. The number of nitrogens with one attached hydrogen (secondary N) is 1. The van der Waals surface area contributed by atoms with Crippen molar-refractivity contribution in [2.45, 2.75) is 68.5 Å². The van der Waals surface area contributed by atoms with Gasteiger partial charge in [-0.2, -0.15) is 13.2 Å². The smallest absolute Gasteiger partial charge is 0.416 e. The van der Waals surface area contributed by atoms with Gasteiger partial charge in [0.25, 0.3) is 0 Å². The summed E-state index contributed by atoms with van der Waals surface area (Å²) in [5.41, 5.74) is 1.23. The Labute approximate surface area is 206 Å². The molecular formula is C25H27BrF3NO3S. The van der Waals surface area contributed by atoms with Gasteiger partial charge in [0.05, 0.1) is 14.9 Å². The lowest BCUT2D eigenvalue weighted by Crippen LogP contribution is -2.50. The molecule has 2 aromatic carbocycles. The summed E-state index contributed by atoms with van der Waals surface area (Å²) >= 11 is 3.53. The average Bonchev–Trinajstić information content (AvgIpc) is 3.11. The van der Waals surface area contributed by atoms with Crippen LogP contribution in [0.25, 0.3) is 0 Å². The third-order valence-corrected chi connectivity index (χ3v) is 10.9. The van der Waals surface area contributed by atoms with E-state index in [0.29, 0.717) is 30.2 Å². The normalized spacial score (nSPS) is 31.0. The van der Waals surface area contributed by atoms with Crippen LogP contribution in [-0.4, -0.2) is 19.6 Å². The number of halogens is 4. The van der Waals surface area contributed by atoms with Crippen LogP contribution < -0.4 is 4.72 Å². The van der Waals surface area contributed by atoms with Crippen LogP contribution in [0.5, 0.6) is 5.75 Å². The molecule has 2 aromatic rings. The molecule has 9 heteroatoms. The molecule has 2 fully saturated rings. The Balaban J connectivity index is 1.39. The van der Waals surface area contributed by atoms with Crippen LogP contribution in [0.1, 0.15) is 61.6 Å². The number of fused-ring (bicyclic) bond motifs is 5. The minimum Gasteiger partial charge on any atom is -0.507 e. The summed E-state index contributed by atoms with van der Waals surface area (Å²) in [4.78, 5) is -0.348. The molecule has 3 aliphatic rings. The highest BCUT2D eigenvalue weighted by Crippen LogP contribution is 2.61. The first-order valence-corrected chi connectivity index (χ1v) is 13.9. The Kier molecular flexibility index (Phi) is 5.84. The fourth-order valence-corrected chi connectivity index (χ4v) is 8.90. The summed E-state index contributed by atoms with van der Waals surface area (Å²) in [6.07, 6.45) is 0.566. The highest BCUT2D eigenvalue weighted by molar-refractivity contribution is 9.10. The van der Waals surface area contributed by atoms with Crippen molar-refractivity contribution in [1.29, 1.82) is 0 Å². The van der Waals surface area contributed by atoms with E-state index in [1.807, 2.05) is 6.07 Å². The summed E-state index contributed by atoms with van der Waals surface area (Å²) in [7, 11) is -4.09. The zero-order chi connectivity index (χ0) is 24.5. The van der Waals surface area contributed by atoms with Crippen molar-refractivity contribution in [3.8, 4) is 5.75 Å². The number of hydrogen-bond donors (Lipinski definition) is 2. The molecule has 0 radical (unpaired) electrons. The quantitative estimate of drug-likeness (QED) is 0.460. The largest absolute Gasteiger partial charge is 0.507 e. The number of hydrogen-bond acceptors (Lipinski definition) is 3. The van der Waals surface area contributed by atoms with E-state index in [-0.39, 0.29) is 22.1 Å². The molecule has 0 heterocycles. The van der Waals surface area contributed by atoms with Crippen LogP contribution in [-0.2, 0) is 22.6 Å². The molecule has 2 N–H and O–H groups in total. The molecule has 0 bridgehead atoms. The molecular weight excluding hydrogens is 531 g/mol. The van der Waals surface area contributed by atoms with Crippen molar-refractivity contribution >= 4 is 26.0 Å². The van der Waals surface area contributed by atoms with E-state index >= 15 is 0 Å².